The van der Waals surface area contributed by atoms with Gasteiger partial charge in [0.1, 0.15) is 0 Å². The van der Waals surface area contributed by atoms with Gasteiger partial charge in [0, 0.05) is 0 Å². The molecule has 0 saturated heterocycles. The van der Waals surface area contributed by atoms with Crippen molar-refractivity contribution in [2.45, 2.75) is 24.0 Å². The molecule has 0 aromatic heterocycles. The molecule has 1 aromatic rings. The van der Waals surface area contributed by atoms with E-state index in [-0.39, 0.29) is 4.90 Å². The normalized spacial score (nSPS) is 13.8. The summed E-state index contributed by atoms with van der Waals surface area (Å²) in [7, 11) is -3.84. The van der Waals surface area contributed by atoms with Crippen molar-refractivity contribution in [3.63, 3.8) is 0 Å². The molecule has 0 amide bonds. The molecule has 0 spiro atoms. The summed E-state index contributed by atoms with van der Waals surface area (Å²) in [6.07, 6.45) is 0.720. The minimum Gasteiger partial charge on any atom is -0.411 e. The number of nitrogens with zero attached hydrogens (tertiary/aromatic N) is 1. The number of aryl methyl sites for hydroxylation is 1. The first kappa shape index (κ1) is 13.4. The van der Waals surface area contributed by atoms with Crippen LogP contribution in [0.3, 0.4) is 0 Å². The van der Waals surface area contributed by atoms with Crippen molar-refractivity contribution in [3.8, 4) is 0 Å². The second-order valence-electron chi connectivity index (χ2n) is 3.65. The Morgan fingerprint density at radius 1 is 1.35 bits per heavy atom. The van der Waals surface area contributed by atoms with E-state index in [1.165, 1.54) is 12.1 Å². The molecule has 17 heavy (non-hydrogen) atoms. The molecule has 1 atom stereocenters. The third-order valence-corrected chi connectivity index (χ3v) is 4.34. The molecule has 1 unspecified atom stereocenters. The molecule has 92 valence electrons. The monoisotopic (exact) mass is 255 g/mol. The molecule has 0 heterocycles. The summed E-state index contributed by atoms with van der Waals surface area (Å²) in [5, 5.41) is 9.59. The number of hydrogen-bond acceptors (Lipinski definition) is 5. The molecule has 1 rings (SSSR count). The van der Waals surface area contributed by atoms with Gasteiger partial charge >= 0.3 is 0 Å². The SMILES string of the molecule is CC(=O)C(C=NO)S(=O)(=O)c1ccc(C)cc1. The van der Waals surface area contributed by atoms with Crippen molar-refractivity contribution < 1.29 is 18.4 Å². The Morgan fingerprint density at radius 2 is 1.88 bits per heavy atom. The Hall–Kier alpha value is -1.69. The lowest BCUT2D eigenvalue weighted by Gasteiger charge is -2.09. The first-order valence-corrected chi connectivity index (χ1v) is 6.43. The molecule has 1 N–H and O–H groups in total. The zero-order valence-electron chi connectivity index (χ0n) is 9.49. The van der Waals surface area contributed by atoms with E-state index < -0.39 is 20.9 Å². The minimum atomic E-state index is -3.84. The van der Waals surface area contributed by atoms with Gasteiger partial charge in [-0.05, 0) is 26.0 Å². The topological polar surface area (TPSA) is 83.8 Å². The minimum absolute atomic E-state index is 0.0307. The van der Waals surface area contributed by atoms with Crippen LogP contribution < -0.4 is 0 Å². The average molecular weight is 255 g/mol. The third-order valence-electron chi connectivity index (χ3n) is 2.29. The molecule has 0 bridgehead atoms. The maximum atomic E-state index is 12.1. The van der Waals surface area contributed by atoms with Crippen molar-refractivity contribution in [2.75, 3.05) is 0 Å². The first-order chi connectivity index (χ1) is 7.89. The van der Waals surface area contributed by atoms with E-state index in [0.29, 0.717) is 0 Å². The fourth-order valence-electron chi connectivity index (χ4n) is 1.34. The van der Waals surface area contributed by atoms with Gasteiger partial charge in [0.15, 0.2) is 20.9 Å². The molecule has 0 fully saturated rings. The highest BCUT2D eigenvalue weighted by molar-refractivity contribution is 7.93. The number of oxime groups is 1. The van der Waals surface area contributed by atoms with E-state index in [0.717, 1.165) is 18.7 Å². The largest absolute Gasteiger partial charge is 0.411 e. The number of rotatable bonds is 4. The quantitative estimate of drug-likeness (QED) is 0.497. The molecular formula is C11H13NO4S. The fourth-order valence-corrected chi connectivity index (χ4v) is 2.80. The maximum absolute atomic E-state index is 12.1. The first-order valence-electron chi connectivity index (χ1n) is 4.88. The lowest BCUT2D eigenvalue weighted by Crippen LogP contribution is -2.30. The Morgan fingerprint density at radius 3 is 2.29 bits per heavy atom. The van der Waals surface area contributed by atoms with Crippen LogP contribution >= 0.6 is 0 Å². The van der Waals surface area contributed by atoms with E-state index in [2.05, 4.69) is 5.16 Å². The number of ketones is 1. The second kappa shape index (κ2) is 5.09. The summed E-state index contributed by atoms with van der Waals surface area (Å²) in [5.41, 5.74) is 0.916. The van der Waals surface area contributed by atoms with Crippen LogP contribution in [0.5, 0.6) is 0 Å². The molecule has 5 nitrogen and oxygen atoms in total. The van der Waals surface area contributed by atoms with Gasteiger partial charge < -0.3 is 5.21 Å². The summed E-state index contributed by atoms with van der Waals surface area (Å²) in [6.45, 7) is 2.96. The molecule has 6 heteroatoms. The van der Waals surface area contributed by atoms with Crippen LogP contribution in [-0.2, 0) is 14.6 Å². The van der Waals surface area contributed by atoms with Crippen LogP contribution in [0.4, 0.5) is 0 Å². The Bertz CT molecular complexity index is 531. The highest BCUT2D eigenvalue weighted by Crippen LogP contribution is 2.16. The Kier molecular flexibility index (Phi) is 4.01. The van der Waals surface area contributed by atoms with Gasteiger partial charge in [-0.3, -0.25) is 4.79 Å². The summed E-state index contributed by atoms with van der Waals surface area (Å²) in [5.74, 6) is -0.594. The van der Waals surface area contributed by atoms with E-state index >= 15 is 0 Å². The molecule has 0 aliphatic heterocycles. The number of hydrogen-bond donors (Lipinski definition) is 1. The van der Waals surface area contributed by atoms with Gasteiger partial charge in [0.2, 0.25) is 0 Å². The van der Waals surface area contributed by atoms with Crippen molar-refractivity contribution in [1.29, 1.82) is 0 Å². The highest BCUT2D eigenvalue weighted by Gasteiger charge is 2.30. The van der Waals surface area contributed by atoms with Gasteiger partial charge in [-0.25, -0.2) is 8.42 Å². The predicted octanol–water partition coefficient (Wildman–Crippen LogP) is 1.19. The highest BCUT2D eigenvalue weighted by atomic mass is 32.2. The van der Waals surface area contributed by atoms with Crippen LogP contribution in [0.1, 0.15) is 12.5 Å². The van der Waals surface area contributed by atoms with Gasteiger partial charge in [-0.2, -0.15) is 0 Å². The smallest absolute Gasteiger partial charge is 0.193 e. The lowest BCUT2D eigenvalue weighted by molar-refractivity contribution is -0.115. The summed E-state index contributed by atoms with van der Waals surface area (Å²) in [6, 6.07) is 6.12. The van der Waals surface area contributed by atoms with Gasteiger partial charge in [0.05, 0.1) is 11.1 Å². The molecular weight excluding hydrogens is 242 g/mol. The Labute approximate surface area is 99.7 Å². The number of Topliss-reactive ketones (excluding diaryl/α,β-unsaturated/α-hetero) is 1. The average Bonchev–Trinajstić information content (AvgIpc) is 2.25. The van der Waals surface area contributed by atoms with Gasteiger partial charge in [0.25, 0.3) is 0 Å². The van der Waals surface area contributed by atoms with Crippen molar-refractivity contribution >= 4 is 21.8 Å². The van der Waals surface area contributed by atoms with Crippen LogP contribution in [0, 0.1) is 6.92 Å². The Balaban J connectivity index is 3.26. The van der Waals surface area contributed by atoms with Gasteiger partial charge in [-0.15, -0.1) is 5.16 Å². The van der Waals surface area contributed by atoms with Crippen molar-refractivity contribution in [3.05, 3.63) is 29.8 Å². The molecule has 0 radical (unpaired) electrons. The molecule has 0 saturated carbocycles. The zero-order chi connectivity index (χ0) is 13.1. The summed E-state index contributed by atoms with van der Waals surface area (Å²) < 4.78 is 24.1. The van der Waals surface area contributed by atoms with Crippen LogP contribution in [0.15, 0.2) is 34.3 Å². The predicted molar refractivity (Wildman–Crippen MR) is 63.1 cm³/mol. The lowest BCUT2D eigenvalue weighted by atomic mass is 10.2. The standard InChI is InChI=1S/C11H13NO4S/c1-8-3-5-10(6-4-8)17(15,16)11(7-12-14)9(2)13/h3-7,11,14H,1-2H3. The van der Waals surface area contributed by atoms with E-state index in [9.17, 15) is 13.2 Å². The van der Waals surface area contributed by atoms with Crippen LogP contribution in [0.2, 0.25) is 0 Å². The number of carbonyl (C=O) groups excluding carboxylic acids is 1. The molecule has 1 aromatic carbocycles. The maximum Gasteiger partial charge on any atom is 0.193 e. The van der Waals surface area contributed by atoms with Crippen molar-refractivity contribution in [2.24, 2.45) is 5.16 Å². The van der Waals surface area contributed by atoms with E-state index in [1.54, 1.807) is 12.1 Å². The number of benzene rings is 1. The van der Waals surface area contributed by atoms with Crippen LogP contribution in [0.25, 0.3) is 0 Å². The molecule has 0 aliphatic rings. The summed E-state index contributed by atoms with van der Waals surface area (Å²) in [4.78, 5) is 11.3. The number of sulfone groups is 1. The third kappa shape index (κ3) is 2.91. The van der Waals surface area contributed by atoms with Crippen LogP contribution in [-0.4, -0.2) is 30.9 Å². The molecule has 0 aliphatic carbocycles. The van der Waals surface area contributed by atoms with Crippen molar-refractivity contribution in [1.82, 2.24) is 0 Å². The number of carbonyl (C=O) groups is 1. The summed E-state index contributed by atoms with van der Waals surface area (Å²) >= 11 is 0. The zero-order valence-corrected chi connectivity index (χ0v) is 10.3. The second-order valence-corrected chi connectivity index (χ2v) is 5.72. The van der Waals surface area contributed by atoms with Gasteiger partial charge in [-0.1, -0.05) is 17.7 Å². The van der Waals surface area contributed by atoms with E-state index in [4.69, 9.17) is 5.21 Å². The van der Waals surface area contributed by atoms with E-state index in [1.807, 2.05) is 6.92 Å². The fraction of sp³-hybridized carbons (Fsp3) is 0.273.